The van der Waals surface area contributed by atoms with Gasteiger partial charge in [0.1, 0.15) is 0 Å². The molecule has 3 unspecified atom stereocenters. The molecular weight excluding hydrogens is 240 g/mol. The molecule has 0 aromatic heterocycles. The molecule has 2 aliphatic rings. The van der Waals surface area contributed by atoms with Gasteiger partial charge in [-0.2, -0.15) is 0 Å². The van der Waals surface area contributed by atoms with Gasteiger partial charge in [-0.3, -0.25) is 4.79 Å². The topological polar surface area (TPSA) is 41.6 Å². The van der Waals surface area contributed by atoms with Crippen molar-refractivity contribution >= 4 is 5.91 Å². The Kier molecular flexibility index (Phi) is 4.51. The summed E-state index contributed by atoms with van der Waals surface area (Å²) in [4.78, 5) is 15.2. The lowest BCUT2D eigenvalue weighted by Gasteiger charge is -2.44. The van der Waals surface area contributed by atoms with Crippen molar-refractivity contribution in [1.29, 1.82) is 0 Å². The van der Waals surface area contributed by atoms with Crippen LogP contribution in [0.1, 0.15) is 40.5 Å². The number of ether oxygens (including phenoxy) is 1. The summed E-state index contributed by atoms with van der Waals surface area (Å²) in [6.45, 7) is 11.8. The highest BCUT2D eigenvalue weighted by molar-refractivity contribution is 5.84. The van der Waals surface area contributed by atoms with Gasteiger partial charge < -0.3 is 15.0 Å². The largest absolute Gasteiger partial charge is 0.375 e. The molecule has 2 aliphatic heterocycles. The van der Waals surface area contributed by atoms with Crippen molar-refractivity contribution in [1.82, 2.24) is 10.2 Å². The fraction of sp³-hybridized carbons (Fsp3) is 0.933. The maximum absolute atomic E-state index is 13.1. The number of carbonyl (C=O) groups is 1. The number of nitrogens with zero attached hydrogens (tertiary/aromatic N) is 1. The number of hydrogen-bond acceptors (Lipinski definition) is 3. The Morgan fingerprint density at radius 1 is 1.53 bits per heavy atom. The third-order valence-corrected chi connectivity index (χ3v) is 4.92. The van der Waals surface area contributed by atoms with Crippen molar-refractivity contribution in [2.75, 3.05) is 26.2 Å². The van der Waals surface area contributed by atoms with Gasteiger partial charge in [0.2, 0.25) is 5.91 Å². The summed E-state index contributed by atoms with van der Waals surface area (Å²) < 4.78 is 5.71. The quantitative estimate of drug-likeness (QED) is 0.846. The van der Waals surface area contributed by atoms with Crippen LogP contribution >= 0.6 is 0 Å². The van der Waals surface area contributed by atoms with Crippen molar-refractivity contribution in [3.8, 4) is 0 Å². The fourth-order valence-electron chi connectivity index (χ4n) is 3.35. The molecule has 2 saturated heterocycles. The molecule has 3 atom stereocenters. The molecule has 4 nitrogen and oxygen atoms in total. The zero-order valence-corrected chi connectivity index (χ0v) is 12.7. The van der Waals surface area contributed by atoms with Crippen LogP contribution in [0.15, 0.2) is 0 Å². The Labute approximate surface area is 116 Å². The van der Waals surface area contributed by atoms with Crippen molar-refractivity contribution in [2.24, 2.45) is 11.3 Å². The van der Waals surface area contributed by atoms with Gasteiger partial charge in [-0.15, -0.1) is 0 Å². The summed E-state index contributed by atoms with van der Waals surface area (Å²) >= 11 is 0. The van der Waals surface area contributed by atoms with E-state index in [0.717, 1.165) is 32.5 Å². The Morgan fingerprint density at radius 3 is 2.79 bits per heavy atom. The van der Waals surface area contributed by atoms with Gasteiger partial charge in [0.25, 0.3) is 0 Å². The zero-order valence-electron chi connectivity index (χ0n) is 12.7. The Bertz CT molecular complexity index is 324. The maximum atomic E-state index is 13.1. The normalized spacial score (nSPS) is 35.9. The standard InChI is InChI=1S/C15H28N2O2/c1-5-13-9-19-12(4)8-17(13)14(18)15(11(2)3)6-7-16-10-15/h11-13,16H,5-10H2,1-4H3. The fourth-order valence-corrected chi connectivity index (χ4v) is 3.35. The molecule has 0 aliphatic carbocycles. The van der Waals surface area contributed by atoms with E-state index in [-0.39, 0.29) is 17.6 Å². The third-order valence-electron chi connectivity index (χ3n) is 4.92. The monoisotopic (exact) mass is 268 g/mol. The lowest BCUT2D eigenvalue weighted by atomic mass is 9.74. The minimum absolute atomic E-state index is 0.158. The number of rotatable bonds is 3. The molecule has 0 saturated carbocycles. The van der Waals surface area contributed by atoms with Crippen LogP contribution in [-0.4, -0.2) is 49.2 Å². The minimum atomic E-state index is -0.204. The molecule has 0 spiro atoms. The first-order chi connectivity index (χ1) is 9.01. The smallest absolute Gasteiger partial charge is 0.230 e. The lowest BCUT2D eigenvalue weighted by Crippen LogP contribution is -2.57. The molecule has 2 heterocycles. The minimum Gasteiger partial charge on any atom is -0.375 e. The molecule has 19 heavy (non-hydrogen) atoms. The van der Waals surface area contributed by atoms with Gasteiger partial charge >= 0.3 is 0 Å². The van der Waals surface area contributed by atoms with Crippen LogP contribution < -0.4 is 5.32 Å². The molecule has 4 heteroatoms. The molecule has 0 radical (unpaired) electrons. The zero-order chi connectivity index (χ0) is 14.0. The summed E-state index contributed by atoms with van der Waals surface area (Å²) in [7, 11) is 0. The van der Waals surface area contributed by atoms with E-state index < -0.39 is 0 Å². The van der Waals surface area contributed by atoms with Gasteiger partial charge in [0, 0.05) is 13.1 Å². The molecule has 0 aromatic rings. The first-order valence-corrected chi connectivity index (χ1v) is 7.64. The van der Waals surface area contributed by atoms with Gasteiger partial charge in [-0.05, 0) is 32.2 Å². The van der Waals surface area contributed by atoms with E-state index in [1.807, 2.05) is 0 Å². The predicted molar refractivity (Wildman–Crippen MR) is 76.0 cm³/mol. The molecular formula is C15H28N2O2. The summed E-state index contributed by atoms with van der Waals surface area (Å²) in [5.41, 5.74) is -0.204. The van der Waals surface area contributed by atoms with E-state index in [0.29, 0.717) is 18.4 Å². The molecule has 1 amide bonds. The molecule has 110 valence electrons. The average molecular weight is 268 g/mol. The Hall–Kier alpha value is -0.610. The average Bonchev–Trinajstić information content (AvgIpc) is 2.88. The number of nitrogens with one attached hydrogen (secondary N) is 1. The van der Waals surface area contributed by atoms with Crippen molar-refractivity contribution < 1.29 is 9.53 Å². The predicted octanol–water partition coefficient (Wildman–Crippen LogP) is 1.65. The van der Waals surface area contributed by atoms with E-state index in [1.165, 1.54) is 0 Å². The summed E-state index contributed by atoms with van der Waals surface area (Å²) in [5.74, 6) is 0.722. The Balaban J connectivity index is 2.20. The van der Waals surface area contributed by atoms with Gasteiger partial charge in [-0.25, -0.2) is 0 Å². The van der Waals surface area contributed by atoms with Crippen molar-refractivity contribution in [3.05, 3.63) is 0 Å². The second-order valence-electron chi connectivity index (χ2n) is 6.40. The van der Waals surface area contributed by atoms with E-state index in [1.54, 1.807) is 0 Å². The van der Waals surface area contributed by atoms with Gasteiger partial charge in [-0.1, -0.05) is 20.8 Å². The second kappa shape index (κ2) is 5.80. The van der Waals surface area contributed by atoms with Gasteiger partial charge in [0.15, 0.2) is 0 Å². The molecule has 0 aromatic carbocycles. The summed E-state index contributed by atoms with van der Waals surface area (Å²) in [5, 5.41) is 3.38. The number of morpholine rings is 1. The molecule has 0 bridgehead atoms. The van der Waals surface area contributed by atoms with Crippen LogP contribution in [0.5, 0.6) is 0 Å². The highest BCUT2D eigenvalue weighted by Crippen LogP contribution is 2.37. The van der Waals surface area contributed by atoms with Crippen LogP contribution in [0.4, 0.5) is 0 Å². The Morgan fingerprint density at radius 2 is 2.26 bits per heavy atom. The van der Waals surface area contributed by atoms with E-state index in [9.17, 15) is 4.79 Å². The van der Waals surface area contributed by atoms with Crippen molar-refractivity contribution in [2.45, 2.75) is 52.7 Å². The molecule has 1 N–H and O–H groups in total. The molecule has 2 rings (SSSR count). The van der Waals surface area contributed by atoms with Gasteiger partial charge in [0.05, 0.1) is 24.2 Å². The highest BCUT2D eigenvalue weighted by Gasteiger charge is 2.48. The summed E-state index contributed by atoms with van der Waals surface area (Å²) in [6.07, 6.45) is 2.09. The lowest BCUT2D eigenvalue weighted by molar-refractivity contribution is -0.156. The van der Waals surface area contributed by atoms with Crippen LogP contribution in [0, 0.1) is 11.3 Å². The highest BCUT2D eigenvalue weighted by atomic mass is 16.5. The van der Waals surface area contributed by atoms with Crippen LogP contribution in [0.2, 0.25) is 0 Å². The first kappa shape index (κ1) is 14.8. The molecule has 2 fully saturated rings. The van der Waals surface area contributed by atoms with Crippen LogP contribution in [0.25, 0.3) is 0 Å². The first-order valence-electron chi connectivity index (χ1n) is 7.64. The van der Waals surface area contributed by atoms with E-state index in [2.05, 4.69) is 37.9 Å². The van der Waals surface area contributed by atoms with Crippen molar-refractivity contribution in [3.63, 3.8) is 0 Å². The third kappa shape index (κ3) is 2.65. The number of carbonyl (C=O) groups excluding carboxylic acids is 1. The van der Waals surface area contributed by atoms with Crippen LogP contribution in [-0.2, 0) is 9.53 Å². The second-order valence-corrected chi connectivity index (χ2v) is 6.40. The summed E-state index contributed by atoms with van der Waals surface area (Å²) in [6, 6.07) is 0.250. The van der Waals surface area contributed by atoms with E-state index in [4.69, 9.17) is 4.74 Å². The van der Waals surface area contributed by atoms with Crippen LogP contribution in [0.3, 0.4) is 0 Å². The maximum Gasteiger partial charge on any atom is 0.230 e. The number of hydrogen-bond donors (Lipinski definition) is 1. The SMILES string of the molecule is CCC1COC(C)CN1C(=O)C1(C(C)C)CCNC1. The number of amides is 1. The van der Waals surface area contributed by atoms with E-state index >= 15 is 0 Å².